The van der Waals surface area contributed by atoms with Crippen molar-refractivity contribution in [1.29, 1.82) is 0 Å². The molecule has 0 atom stereocenters. The average molecular weight is 354 g/mol. The minimum absolute atomic E-state index is 0.0260. The standard InChI is InChI=1S/C17H14N4O3S/c1-2-7-18-13(22)10-24-17(23)15-14(19-8-9-20-15)16-21-11-5-3-4-6-12(11)25-16/h2-6,8-9H,1,7,10H2,(H,18,22). The van der Waals surface area contributed by atoms with E-state index >= 15 is 0 Å². The summed E-state index contributed by atoms with van der Waals surface area (Å²) >= 11 is 1.41. The van der Waals surface area contributed by atoms with E-state index in [1.807, 2.05) is 24.3 Å². The summed E-state index contributed by atoms with van der Waals surface area (Å²) in [5.41, 5.74) is 1.18. The van der Waals surface area contributed by atoms with Crippen LogP contribution in [0.3, 0.4) is 0 Å². The monoisotopic (exact) mass is 354 g/mol. The van der Waals surface area contributed by atoms with Crippen molar-refractivity contribution in [2.75, 3.05) is 13.2 Å². The Balaban J connectivity index is 1.82. The van der Waals surface area contributed by atoms with Crippen molar-refractivity contribution in [2.24, 2.45) is 0 Å². The zero-order chi connectivity index (χ0) is 17.6. The van der Waals surface area contributed by atoms with E-state index in [4.69, 9.17) is 4.74 Å². The fourth-order valence-corrected chi connectivity index (χ4v) is 3.02. The van der Waals surface area contributed by atoms with Gasteiger partial charge in [-0.15, -0.1) is 17.9 Å². The van der Waals surface area contributed by atoms with Gasteiger partial charge in [0, 0.05) is 18.9 Å². The quantitative estimate of drug-likeness (QED) is 0.539. The van der Waals surface area contributed by atoms with Crippen LogP contribution < -0.4 is 5.32 Å². The van der Waals surface area contributed by atoms with Crippen LogP contribution in [0.5, 0.6) is 0 Å². The van der Waals surface area contributed by atoms with Crippen LogP contribution in [0.1, 0.15) is 10.5 Å². The molecule has 1 amide bonds. The van der Waals surface area contributed by atoms with Crippen LogP contribution in [0.4, 0.5) is 0 Å². The highest BCUT2D eigenvalue weighted by atomic mass is 32.1. The highest BCUT2D eigenvalue weighted by molar-refractivity contribution is 7.21. The molecule has 126 valence electrons. The first-order chi connectivity index (χ1) is 12.2. The predicted molar refractivity (Wildman–Crippen MR) is 94.1 cm³/mol. The third-order valence-corrected chi connectivity index (χ3v) is 4.21. The van der Waals surface area contributed by atoms with Gasteiger partial charge in [0.15, 0.2) is 12.3 Å². The predicted octanol–water partition coefficient (Wildman–Crippen LogP) is 2.21. The average Bonchev–Trinajstić information content (AvgIpc) is 3.08. The molecule has 0 saturated carbocycles. The number of carbonyl (C=O) groups is 2. The molecule has 0 radical (unpaired) electrons. The summed E-state index contributed by atoms with van der Waals surface area (Å²) in [7, 11) is 0. The van der Waals surface area contributed by atoms with Crippen LogP contribution in [0.2, 0.25) is 0 Å². The molecule has 2 aromatic heterocycles. The number of aromatic nitrogens is 3. The van der Waals surface area contributed by atoms with Crippen LogP contribution in [-0.4, -0.2) is 40.0 Å². The van der Waals surface area contributed by atoms with Gasteiger partial charge in [-0.1, -0.05) is 18.2 Å². The van der Waals surface area contributed by atoms with E-state index < -0.39 is 18.5 Å². The van der Waals surface area contributed by atoms with Gasteiger partial charge in [-0.25, -0.2) is 19.7 Å². The number of hydrogen-bond donors (Lipinski definition) is 1. The molecule has 0 aliphatic rings. The van der Waals surface area contributed by atoms with Crippen molar-refractivity contribution in [3.8, 4) is 10.7 Å². The number of rotatable bonds is 6. The molecule has 3 rings (SSSR count). The number of para-hydroxylation sites is 1. The lowest BCUT2D eigenvalue weighted by Crippen LogP contribution is -2.29. The highest BCUT2D eigenvalue weighted by Gasteiger charge is 2.20. The molecule has 0 aliphatic heterocycles. The Morgan fingerprint density at radius 2 is 2.04 bits per heavy atom. The highest BCUT2D eigenvalue weighted by Crippen LogP contribution is 2.30. The largest absolute Gasteiger partial charge is 0.451 e. The second-order valence-electron chi connectivity index (χ2n) is 4.91. The van der Waals surface area contributed by atoms with Crippen molar-refractivity contribution in [3.05, 3.63) is 55.0 Å². The SMILES string of the molecule is C=CCNC(=O)COC(=O)c1nccnc1-c1nc2ccccc2s1. The maximum absolute atomic E-state index is 12.3. The molecule has 25 heavy (non-hydrogen) atoms. The first-order valence-corrected chi connectivity index (χ1v) is 8.22. The lowest BCUT2D eigenvalue weighted by Gasteiger charge is -2.06. The van der Waals surface area contributed by atoms with Crippen molar-refractivity contribution >= 4 is 33.4 Å². The topological polar surface area (TPSA) is 94.1 Å². The second-order valence-corrected chi connectivity index (χ2v) is 5.94. The van der Waals surface area contributed by atoms with Gasteiger partial charge in [-0.2, -0.15) is 0 Å². The molecule has 0 bridgehead atoms. The molecule has 1 N–H and O–H groups in total. The molecule has 1 aromatic carbocycles. The maximum Gasteiger partial charge on any atom is 0.359 e. The zero-order valence-electron chi connectivity index (χ0n) is 13.1. The number of esters is 1. The zero-order valence-corrected chi connectivity index (χ0v) is 14.0. The summed E-state index contributed by atoms with van der Waals surface area (Å²) < 4.78 is 5.99. The smallest absolute Gasteiger partial charge is 0.359 e. The molecule has 0 unspecified atom stereocenters. The number of thiazole rings is 1. The molecule has 0 aliphatic carbocycles. The Morgan fingerprint density at radius 3 is 2.84 bits per heavy atom. The minimum Gasteiger partial charge on any atom is -0.451 e. The maximum atomic E-state index is 12.3. The summed E-state index contributed by atoms with van der Waals surface area (Å²) in [6.07, 6.45) is 4.41. The molecule has 3 aromatic rings. The van der Waals surface area contributed by atoms with Gasteiger partial charge in [0.05, 0.1) is 10.2 Å². The van der Waals surface area contributed by atoms with Gasteiger partial charge < -0.3 is 10.1 Å². The van der Waals surface area contributed by atoms with Gasteiger partial charge in [-0.05, 0) is 12.1 Å². The molecule has 2 heterocycles. The summed E-state index contributed by atoms with van der Waals surface area (Å²) in [4.78, 5) is 36.6. The molecule has 7 nitrogen and oxygen atoms in total. The fraction of sp³-hybridized carbons (Fsp3) is 0.118. The summed E-state index contributed by atoms with van der Waals surface area (Å²) in [5.74, 6) is -1.14. The van der Waals surface area contributed by atoms with Gasteiger partial charge in [-0.3, -0.25) is 4.79 Å². The number of benzene rings is 1. The molecular weight excluding hydrogens is 340 g/mol. The van der Waals surface area contributed by atoms with E-state index in [1.54, 1.807) is 0 Å². The number of amides is 1. The van der Waals surface area contributed by atoms with Gasteiger partial charge in [0.2, 0.25) is 0 Å². The Kier molecular flexibility index (Phi) is 5.10. The van der Waals surface area contributed by atoms with E-state index in [0.29, 0.717) is 17.2 Å². The van der Waals surface area contributed by atoms with E-state index in [9.17, 15) is 9.59 Å². The van der Waals surface area contributed by atoms with E-state index in [-0.39, 0.29) is 5.69 Å². The van der Waals surface area contributed by atoms with E-state index in [1.165, 1.54) is 29.8 Å². The van der Waals surface area contributed by atoms with Crippen LogP contribution in [-0.2, 0) is 9.53 Å². The van der Waals surface area contributed by atoms with Crippen LogP contribution >= 0.6 is 11.3 Å². The Bertz CT molecular complexity index is 905. The number of nitrogens with zero attached hydrogens (tertiary/aromatic N) is 3. The Morgan fingerprint density at radius 1 is 1.24 bits per heavy atom. The number of ether oxygens (including phenoxy) is 1. The molecule has 0 fully saturated rings. The third kappa shape index (κ3) is 3.86. The molecule has 0 spiro atoms. The van der Waals surface area contributed by atoms with Crippen molar-refractivity contribution in [3.63, 3.8) is 0 Å². The van der Waals surface area contributed by atoms with Gasteiger partial charge in [0.25, 0.3) is 5.91 Å². The Labute approximate surface area is 147 Å². The summed E-state index contributed by atoms with van der Waals surface area (Å²) in [6, 6.07) is 7.62. The second kappa shape index (κ2) is 7.63. The number of hydrogen-bond acceptors (Lipinski definition) is 7. The first kappa shape index (κ1) is 16.7. The number of nitrogens with one attached hydrogen (secondary N) is 1. The lowest BCUT2D eigenvalue weighted by molar-refractivity contribution is -0.124. The third-order valence-electron chi connectivity index (χ3n) is 3.17. The Hall–Kier alpha value is -3.13. The van der Waals surface area contributed by atoms with Crippen LogP contribution in [0.25, 0.3) is 20.9 Å². The summed E-state index contributed by atoms with van der Waals surface area (Å²) in [6.45, 7) is 3.40. The van der Waals surface area contributed by atoms with Gasteiger partial charge in [0.1, 0.15) is 10.7 Å². The summed E-state index contributed by atoms with van der Waals surface area (Å²) in [5, 5.41) is 3.09. The van der Waals surface area contributed by atoms with Gasteiger partial charge >= 0.3 is 5.97 Å². The number of carbonyl (C=O) groups excluding carboxylic acids is 2. The molecular formula is C17H14N4O3S. The normalized spacial score (nSPS) is 10.4. The number of fused-ring (bicyclic) bond motifs is 1. The van der Waals surface area contributed by atoms with E-state index in [0.717, 1.165) is 10.2 Å². The van der Waals surface area contributed by atoms with Crippen LogP contribution in [0.15, 0.2) is 49.3 Å². The lowest BCUT2D eigenvalue weighted by atomic mass is 10.3. The van der Waals surface area contributed by atoms with E-state index in [2.05, 4.69) is 26.8 Å². The minimum atomic E-state index is -0.726. The van der Waals surface area contributed by atoms with Crippen molar-refractivity contribution < 1.29 is 14.3 Å². The van der Waals surface area contributed by atoms with Crippen molar-refractivity contribution in [2.45, 2.75) is 0 Å². The molecule has 0 saturated heterocycles. The fourth-order valence-electron chi connectivity index (χ4n) is 2.05. The first-order valence-electron chi connectivity index (χ1n) is 7.40. The molecule has 8 heteroatoms. The van der Waals surface area contributed by atoms with Crippen molar-refractivity contribution in [1.82, 2.24) is 20.3 Å². The van der Waals surface area contributed by atoms with Crippen LogP contribution in [0, 0.1) is 0 Å².